The maximum Gasteiger partial charge on any atom is 0.222 e. The Balaban J connectivity index is 1.89. The van der Waals surface area contributed by atoms with E-state index in [9.17, 15) is 13.2 Å². The van der Waals surface area contributed by atoms with Crippen LogP contribution in [0.25, 0.3) is 0 Å². The normalized spacial score (nSPS) is 19.2. The number of primary sulfonamides is 1. The topological polar surface area (TPSA) is 89.7 Å². The second-order valence-electron chi connectivity index (χ2n) is 5.22. The van der Waals surface area contributed by atoms with Crippen molar-refractivity contribution in [2.75, 3.05) is 25.4 Å². The molecule has 0 spiro atoms. The minimum atomic E-state index is -3.52. The molecule has 0 aliphatic carbocycles. The molecule has 2 N–H and O–H groups in total. The van der Waals surface area contributed by atoms with E-state index in [4.69, 9.17) is 21.5 Å². The third kappa shape index (κ3) is 5.24. The summed E-state index contributed by atoms with van der Waals surface area (Å²) in [5, 5.41) is 5.58. The predicted octanol–water partition coefficient (Wildman–Crippen LogP) is 1.31. The Hall–Kier alpha value is -1.15. The van der Waals surface area contributed by atoms with Crippen molar-refractivity contribution in [2.24, 2.45) is 5.14 Å². The van der Waals surface area contributed by atoms with E-state index in [0.717, 1.165) is 5.56 Å². The van der Waals surface area contributed by atoms with Crippen molar-refractivity contribution < 1.29 is 17.9 Å². The number of morpholine rings is 1. The number of nitrogens with two attached hydrogens (primary N) is 1. The Bertz CT molecular complexity index is 618. The van der Waals surface area contributed by atoms with Crippen LogP contribution in [0.5, 0.6) is 0 Å². The molecule has 1 heterocycles. The molecule has 0 aromatic heterocycles. The molecule has 1 aliphatic rings. The molecule has 1 fully saturated rings. The van der Waals surface area contributed by atoms with Crippen LogP contribution in [0.4, 0.5) is 0 Å². The van der Waals surface area contributed by atoms with Crippen LogP contribution < -0.4 is 5.14 Å². The number of ether oxygens (including phenoxy) is 1. The van der Waals surface area contributed by atoms with Gasteiger partial charge in [0.05, 0.1) is 18.9 Å². The van der Waals surface area contributed by atoms with Crippen LogP contribution in [0, 0.1) is 0 Å². The number of hydrogen-bond donors (Lipinski definition) is 1. The van der Waals surface area contributed by atoms with Gasteiger partial charge in [-0.3, -0.25) is 4.79 Å². The summed E-state index contributed by atoms with van der Waals surface area (Å²) in [6, 6.07) is 7.32. The summed E-state index contributed by atoms with van der Waals surface area (Å²) in [6.45, 7) is 1.42. The second-order valence-corrected chi connectivity index (χ2v) is 7.39. The zero-order chi connectivity index (χ0) is 16.2. The maximum absolute atomic E-state index is 12.1. The Morgan fingerprint density at radius 1 is 1.36 bits per heavy atom. The Morgan fingerprint density at radius 2 is 2.05 bits per heavy atom. The molecule has 6 nitrogen and oxygen atoms in total. The molecule has 1 atom stereocenters. The van der Waals surface area contributed by atoms with Gasteiger partial charge in [0.2, 0.25) is 15.9 Å². The summed E-state index contributed by atoms with van der Waals surface area (Å²) < 4.78 is 27.4. The molecule has 1 amide bonds. The van der Waals surface area contributed by atoms with Gasteiger partial charge in [0.25, 0.3) is 0 Å². The summed E-state index contributed by atoms with van der Waals surface area (Å²) in [5.74, 6) is -0.255. The first-order valence-corrected chi connectivity index (χ1v) is 9.10. The van der Waals surface area contributed by atoms with Crippen molar-refractivity contribution in [1.82, 2.24) is 4.90 Å². The molecule has 0 bridgehead atoms. The minimum Gasteiger partial charge on any atom is -0.370 e. The molecule has 1 saturated heterocycles. The quantitative estimate of drug-likeness (QED) is 0.870. The van der Waals surface area contributed by atoms with Gasteiger partial charge in [-0.2, -0.15) is 0 Å². The fraction of sp³-hybridized carbons (Fsp3) is 0.500. The second kappa shape index (κ2) is 7.41. The van der Waals surface area contributed by atoms with E-state index in [1.165, 1.54) is 0 Å². The van der Waals surface area contributed by atoms with E-state index in [0.29, 0.717) is 24.7 Å². The first-order valence-electron chi connectivity index (χ1n) is 7.00. The SMILES string of the molecule is NS(=O)(=O)CCCC(=O)N1CCOC(c2ccc(Cl)cc2)C1. The van der Waals surface area contributed by atoms with Crippen molar-refractivity contribution in [2.45, 2.75) is 18.9 Å². The first kappa shape index (κ1) is 17.2. The van der Waals surface area contributed by atoms with Crippen molar-refractivity contribution >= 4 is 27.5 Å². The highest BCUT2D eigenvalue weighted by Crippen LogP contribution is 2.24. The van der Waals surface area contributed by atoms with Crippen molar-refractivity contribution in [3.8, 4) is 0 Å². The summed E-state index contributed by atoms with van der Waals surface area (Å²) in [5.41, 5.74) is 0.964. The van der Waals surface area contributed by atoms with Crippen molar-refractivity contribution in [3.63, 3.8) is 0 Å². The van der Waals surface area contributed by atoms with Gasteiger partial charge in [-0.05, 0) is 24.1 Å². The van der Waals surface area contributed by atoms with Crippen LogP contribution in [-0.2, 0) is 19.6 Å². The van der Waals surface area contributed by atoms with Gasteiger partial charge >= 0.3 is 0 Å². The average molecular weight is 347 g/mol. The zero-order valence-corrected chi connectivity index (χ0v) is 13.6. The summed E-state index contributed by atoms with van der Waals surface area (Å²) in [7, 11) is -3.52. The highest BCUT2D eigenvalue weighted by molar-refractivity contribution is 7.89. The molecule has 8 heteroatoms. The van der Waals surface area contributed by atoms with Crippen LogP contribution in [0.2, 0.25) is 5.02 Å². The monoisotopic (exact) mass is 346 g/mol. The molecule has 0 saturated carbocycles. The molecule has 0 radical (unpaired) electrons. The van der Waals surface area contributed by atoms with E-state index in [1.54, 1.807) is 17.0 Å². The van der Waals surface area contributed by atoms with Gasteiger partial charge in [0.1, 0.15) is 6.10 Å². The zero-order valence-electron chi connectivity index (χ0n) is 12.1. The van der Waals surface area contributed by atoms with Crippen molar-refractivity contribution in [1.29, 1.82) is 0 Å². The standard InChI is InChI=1S/C14H19ClN2O4S/c15-12-5-3-11(4-6-12)13-10-17(7-8-21-13)14(18)2-1-9-22(16,19)20/h3-6,13H,1-2,7-10H2,(H2,16,19,20). The lowest BCUT2D eigenvalue weighted by Crippen LogP contribution is -2.42. The molecule has 1 aromatic rings. The predicted molar refractivity (Wildman–Crippen MR) is 83.9 cm³/mol. The molecular formula is C14H19ClN2O4S. The number of halogens is 1. The number of carbonyl (C=O) groups is 1. The van der Waals surface area contributed by atoms with Crippen LogP contribution in [-0.4, -0.2) is 44.7 Å². The largest absolute Gasteiger partial charge is 0.370 e. The third-order valence-electron chi connectivity index (χ3n) is 3.48. The molecule has 2 rings (SSSR count). The number of benzene rings is 1. The highest BCUT2D eigenvalue weighted by Gasteiger charge is 2.25. The van der Waals surface area contributed by atoms with Crippen molar-refractivity contribution in [3.05, 3.63) is 34.9 Å². The lowest BCUT2D eigenvalue weighted by atomic mass is 10.1. The average Bonchev–Trinajstić information content (AvgIpc) is 2.47. The maximum atomic E-state index is 12.1. The van der Waals surface area contributed by atoms with Gasteiger partial charge in [-0.25, -0.2) is 13.6 Å². The fourth-order valence-corrected chi connectivity index (χ4v) is 3.01. The van der Waals surface area contributed by atoms with E-state index in [2.05, 4.69) is 0 Å². The third-order valence-corrected chi connectivity index (χ3v) is 4.59. The molecule has 122 valence electrons. The fourth-order valence-electron chi connectivity index (χ4n) is 2.34. The van der Waals surface area contributed by atoms with E-state index < -0.39 is 10.0 Å². The van der Waals surface area contributed by atoms with Gasteiger partial charge < -0.3 is 9.64 Å². The Kier molecular flexibility index (Phi) is 5.80. The van der Waals surface area contributed by atoms with E-state index in [-0.39, 0.29) is 30.6 Å². The molecular weight excluding hydrogens is 328 g/mol. The lowest BCUT2D eigenvalue weighted by Gasteiger charge is -2.33. The summed E-state index contributed by atoms with van der Waals surface area (Å²) in [4.78, 5) is 13.8. The van der Waals surface area contributed by atoms with Gasteiger partial charge in [-0.1, -0.05) is 23.7 Å². The van der Waals surface area contributed by atoms with Crippen LogP contribution in [0.1, 0.15) is 24.5 Å². The van der Waals surface area contributed by atoms with Crippen LogP contribution in [0.3, 0.4) is 0 Å². The van der Waals surface area contributed by atoms with Crippen LogP contribution >= 0.6 is 11.6 Å². The van der Waals surface area contributed by atoms with Crippen LogP contribution in [0.15, 0.2) is 24.3 Å². The number of nitrogens with zero attached hydrogens (tertiary/aromatic N) is 1. The summed E-state index contributed by atoms with van der Waals surface area (Å²) in [6.07, 6.45) is 0.220. The highest BCUT2D eigenvalue weighted by atomic mass is 35.5. The molecule has 1 aliphatic heterocycles. The van der Waals surface area contributed by atoms with Gasteiger partial charge in [-0.15, -0.1) is 0 Å². The van der Waals surface area contributed by atoms with E-state index in [1.807, 2.05) is 12.1 Å². The Morgan fingerprint density at radius 3 is 2.68 bits per heavy atom. The number of rotatable bonds is 5. The van der Waals surface area contributed by atoms with Gasteiger partial charge in [0, 0.05) is 18.0 Å². The number of hydrogen-bond acceptors (Lipinski definition) is 4. The lowest BCUT2D eigenvalue weighted by molar-refractivity contribution is -0.139. The number of carbonyl (C=O) groups excluding carboxylic acids is 1. The number of amides is 1. The van der Waals surface area contributed by atoms with E-state index >= 15 is 0 Å². The Labute approximate surface area is 135 Å². The molecule has 1 aromatic carbocycles. The number of sulfonamides is 1. The molecule has 22 heavy (non-hydrogen) atoms. The minimum absolute atomic E-state index is 0.0779. The molecule has 1 unspecified atom stereocenters. The smallest absolute Gasteiger partial charge is 0.222 e. The van der Waals surface area contributed by atoms with Gasteiger partial charge in [0.15, 0.2) is 0 Å². The first-order chi connectivity index (χ1) is 10.3. The summed E-state index contributed by atoms with van der Waals surface area (Å²) >= 11 is 5.86.